The van der Waals surface area contributed by atoms with Gasteiger partial charge in [0.2, 0.25) is 0 Å². The second-order valence-electron chi connectivity index (χ2n) is 4.12. The highest BCUT2D eigenvalue weighted by atomic mass is 127. The monoisotopic (exact) mass is 300 g/mol. The molecule has 0 amide bonds. The molecule has 0 aliphatic carbocycles. The van der Waals surface area contributed by atoms with Crippen molar-refractivity contribution >= 4 is 28.3 Å². The molecule has 74 valence electrons. The van der Waals surface area contributed by atoms with Gasteiger partial charge >= 0.3 is 0 Å². The van der Waals surface area contributed by atoms with E-state index in [1.165, 1.54) is 22.2 Å². The summed E-state index contributed by atoms with van der Waals surface area (Å²) in [4.78, 5) is 2.54. The van der Waals surface area contributed by atoms with Crippen LogP contribution in [-0.2, 0) is 0 Å². The predicted molar refractivity (Wildman–Crippen MR) is 66.7 cm³/mol. The summed E-state index contributed by atoms with van der Waals surface area (Å²) in [6.07, 6.45) is 1.33. The Morgan fingerprint density at radius 1 is 1.29 bits per heavy atom. The van der Waals surface area contributed by atoms with Crippen molar-refractivity contribution in [3.63, 3.8) is 0 Å². The zero-order valence-electron chi connectivity index (χ0n) is 7.91. The van der Waals surface area contributed by atoms with Gasteiger partial charge in [0.25, 0.3) is 0 Å². The van der Waals surface area contributed by atoms with E-state index in [-0.39, 0.29) is 0 Å². The summed E-state index contributed by atoms with van der Waals surface area (Å²) >= 11 is 2.35. The van der Waals surface area contributed by atoms with E-state index < -0.39 is 0 Å². The topological polar surface area (TPSA) is 15.3 Å². The molecule has 1 aromatic carbocycles. The SMILES string of the molecule is Ic1ccc(N2C[C@H]3C[C@@H]2CN3)cc1. The average molecular weight is 300 g/mol. The smallest absolute Gasteiger partial charge is 0.0430 e. The van der Waals surface area contributed by atoms with E-state index >= 15 is 0 Å². The van der Waals surface area contributed by atoms with Crippen molar-refractivity contribution in [2.45, 2.75) is 18.5 Å². The van der Waals surface area contributed by atoms with E-state index in [1.807, 2.05) is 0 Å². The Hall–Kier alpha value is -0.290. The molecule has 0 aromatic heterocycles. The molecule has 2 nitrogen and oxygen atoms in total. The molecule has 2 aliphatic rings. The molecule has 0 spiro atoms. The van der Waals surface area contributed by atoms with Gasteiger partial charge < -0.3 is 10.2 Å². The van der Waals surface area contributed by atoms with Gasteiger partial charge in [0.1, 0.15) is 0 Å². The summed E-state index contributed by atoms with van der Waals surface area (Å²) in [5.74, 6) is 0. The van der Waals surface area contributed by atoms with Gasteiger partial charge in [0.05, 0.1) is 0 Å². The summed E-state index contributed by atoms with van der Waals surface area (Å²) in [6.45, 7) is 2.35. The van der Waals surface area contributed by atoms with Crippen LogP contribution < -0.4 is 10.2 Å². The molecule has 1 N–H and O–H groups in total. The Kier molecular flexibility index (Phi) is 2.17. The zero-order valence-corrected chi connectivity index (χ0v) is 10.1. The van der Waals surface area contributed by atoms with E-state index in [0.717, 1.165) is 18.6 Å². The number of fused-ring (bicyclic) bond motifs is 2. The molecule has 0 radical (unpaired) electrons. The first-order chi connectivity index (χ1) is 6.83. The first kappa shape index (κ1) is 8.97. The maximum absolute atomic E-state index is 3.52. The minimum absolute atomic E-state index is 0.735. The Balaban J connectivity index is 1.86. The van der Waals surface area contributed by atoms with Gasteiger partial charge in [0, 0.05) is 34.4 Å². The van der Waals surface area contributed by atoms with Crippen LogP contribution in [0.2, 0.25) is 0 Å². The lowest BCUT2D eigenvalue weighted by Crippen LogP contribution is -2.43. The third kappa shape index (κ3) is 1.42. The van der Waals surface area contributed by atoms with E-state index in [1.54, 1.807) is 0 Å². The second-order valence-corrected chi connectivity index (χ2v) is 5.37. The van der Waals surface area contributed by atoms with Crippen LogP contribution in [0, 0.1) is 3.57 Å². The Morgan fingerprint density at radius 3 is 2.64 bits per heavy atom. The van der Waals surface area contributed by atoms with Crippen molar-refractivity contribution in [3.05, 3.63) is 27.8 Å². The van der Waals surface area contributed by atoms with Crippen LogP contribution in [0.25, 0.3) is 0 Å². The van der Waals surface area contributed by atoms with Crippen molar-refractivity contribution in [1.82, 2.24) is 5.32 Å². The molecule has 2 aliphatic heterocycles. The normalized spacial score (nSPS) is 29.9. The average Bonchev–Trinajstić information content (AvgIpc) is 2.80. The second kappa shape index (κ2) is 3.38. The van der Waals surface area contributed by atoms with Crippen molar-refractivity contribution in [2.75, 3.05) is 18.0 Å². The largest absolute Gasteiger partial charge is 0.366 e. The molecule has 0 unspecified atom stereocenters. The molecule has 2 bridgehead atoms. The van der Waals surface area contributed by atoms with Gasteiger partial charge in [-0.15, -0.1) is 0 Å². The zero-order chi connectivity index (χ0) is 9.54. The third-order valence-electron chi connectivity index (χ3n) is 3.21. The van der Waals surface area contributed by atoms with Crippen molar-refractivity contribution < 1.29 is 0 Å². The highest BCUT2D eigenvalue weighted by molar-refractivity contribution is 14.1. The third-order valence-corrected chi connectivity index (χ3v) is 3.93. The van der Waals surface area contributed by atoms with E-state index in [4.69, 9.17) is 0 Å². The van der Waals surface area contributed by atoms with Gasteiger partial charge in [-0.25, -0.2) is 0 Å². The fourth-order valence-electron chi connectivity index (χ4n) is 2.51. The van der Waals surface area contributed by atoms with Crippen LogP contribution in [0.3, 0.4) is 0 Å². The summed E-state index contributed by atoms with van der Waals surface area (Å²) in [5, 5.41) is 3.52. The lowest BCUT2D eigenvalue weighted by atomic mass is 10.2. The van der Waals surface area contributed by atoms with Crippen LogP contribution in [0.15, 0.2) is 24.3 Å². The lowest BCUT2D eigenvalue weighted by molar-refractivity contribution is 0.580. The molecular formula is C11H13IN2. The Morgan fingerprint density at radius 2 is 2.07 bits per heavy atom. The first-order valence-electron chi connectivity index (χ1n) is 5.08. The van der Waals surface area contributed by atoms with Crippen LogP contribution >= 0.6 is 22.6 Å². The van der Waals surface area contributed by atoms with Crippen LogP contribution in [0.4, 0.5) is 5.69 Å². The summed E-state index contributed by atoms with van der Waals surface area (Å²) < 4.78 is 1.31. The highest BCUT2D eigenvalue weighted by Gasteiger charge is 2.37. The maximum Gasteiger partial charge on any atom is 0.0430 e. The molecule has 2 fully saturated rings. The molecule has 14 heavy (non-hydrogen) atoms. The Bertz CT molecular complexity index is 336. The molecule has 2 atom stereocenters. The minimum Gasteiger partial charge on any atom is -0.366 e. The number of anilines is 1. The van der Waals surface area contributed by atoms with Gasteiger partial charge in [0.15, 0.2) is 0 Å². The van der Waals surface area contributed by atoms with Crippen LogP contribution in [0.1, 0.15) is 6.42 Å². The number of hydrogen-bond donors (Lipinski definition) is 1. The van der Waals surface area contributed by atoms with Crippen LogP contribution in [-0.4, -0.2) is 25.2 Å². The van der Waals surface area contributed by atoms with Gasteiger partial charge in [-0.1, -0.05) is 0 Å². The van der Waals surface area contributed by atoms with Gasteiger partial charge in [-0.3, -0.25) is 0 Å². The van der Waals surface area contributed by atoms with Crippen molar-refractivity contribution in [1.29, 1.82) is 0 Å². The first-order valence-corrected chi connectivity index (χ1v) is 6.16. The van der Waals surface area contributed by atoms with Gasteiger partial charge in [-0.05, 0) is 53.3 Å². The fraction of sp³-hybridized carbons (Fsp3) is 0.455. The molecule has 2 saturated heterocycles. The number of nitrogens with one attached hydrogen (secondary N) is 1. The maximum atomic E-state index is 3.52. The van der Waals surface area contributed by atoms with E-state index in [2.05, 4.69) is 57.1 Å². The number of hydrogen-bond acceptors (Lipinski definition) is 2. The summed E-state index contributed by atoms with van der Waals surface area (Å²) in [6, 6.07) is 10.3. The quantitative estimate of drug-likeness (QED) is 0.796. The standard InChI is InChI=1S/C11H13IN2/c12-8-1-3-10(4-2-8)14-7-9-5-11(14)6-13-9/h1-4,9,11,13H,5-7H2/t9-,11-/m1/s1. The number of benzene rings is 1. The molecule has 2 heterocycles. The van der Waals surface area contributed by atoms with Crippen LogP contribution in [0.5, 0.6) is 0 Å². The van der Waals surface area contributed by atoms with E-state index in [9.17, 15) is 0 Å². The van der Waals surface area contributed by atoms with Gasteiger partial charge in [-0.2, -0.15) is 0 Å². The molecule has 3 rings (SSSR count). The molecule has 1 aromatic rings. The predicted octanol–water partition coefficient (Wildman–Crippen LogP) is 1.84. The number of nitrogens with zero attached hydrogens (tertiary/aromatic N) is 1. The number of piperazine rings is 1. The van der Waals surface area contributed by atoms with Crippen molar-refractivity contribution in [2.24, 2.45) is 0 Å². The summed E-state index contributed by atoms with van der Waals surface area (Å²) in [7, 11) is 0. The molecule has 3 heteroatoms. The highest BCUT2D eigenvalue weighted by Crippen LogP contribution is 2.29. The molecular weight excluding hydrogens is 287 g/mol. The number of rotatable bonds is 1. The fourth-order valence-corrected chi connectivity index (χ4v) is 2.87. The summed E-state index contributed by atoms with van der Waals surface area (Å²) in [5.41, 5.74) is 1.39. The number of halogens is 1. The Labute approximate surface area is 97.8 Å². The molecule has 0 saturated carbocycles. The van der Waals surface area contributed by atoms with E-state index in [0.29, 0.717) is 0 Å². The minimum atomic E-state index is 0.735. The lowest BCUT2D eigenvalue weighted by Gasteiger charge is -2.29. The van der Waals surface area contributed by atoms with Crippen molar-refractivity contribution in [3.8, 4) is 0 Å².